The first-order valence-electron chi connectivity index (χ1n) is 5.99. The summed E-state index contributed by atoms with van der Waals surface area (Å²) < 4.78 is 2.59. The number of rotatable bonds is 5. The lowest BCUT2D eigenvalue weighted by molar-refractivity contribution is 0.161. The summed E-state index contributed by atoms with van der Waals surface area (Å²) in [5.41, 5.74) is 0.762. The molecule has 2 N–H and O–H groups in total. The van der Waals surface area contributed by atoms with Gasteiger partial charge in [-0.05, 0) is 40.4 Å². The molecule has 6 heteroatoms. The van der Waals surface area contributed by atoms with Crippen LogP contribution in [0.4, 0.5) is 5.95 Å². The Morgan fingerprint density at radius 3 is 2.94 bits per heavy atom. The predicted octanol–water partition coefficient (Wildman–Crippen LogP) is 2.31. The molecule has 0 aromatic carbocycles. The largest absolute Gasteiger partial charge is 0.391 e. The van der Waals surface area contributed by atoms with Crippen molar-refractivity contribution in [1.29, 1.82) is 0 Å². The Morgan fingerprint density at radius 1 is 1.50 bits per heavy atom. The van der Waals surface area contributed by atoms with Gasteiger partial charge in [0, 0.05) is 12.7 Å². The summed E-state index contributed by atoms with van der Waals surface area (Å²) in [4.78, 5) is 4.35. The van der Waals surface area contributed by atoms with Crippen LogP contribution in [0.2, 0.25) is 0 Å². The zero-order chi connectivity index (χ0) is 13.1. The van der Waals surface area contributed by atoms with Crippen molar-refractivity contribution in [1.82, 2.24) is 14.6 Å². The quantitative estimate of drug-likeness (QED) is 0.889. The van der Waals surface area contributed by atoms with Crippen LogP contribution in [0.15, 0.2) is 22.8 Å². The predicted molar refractivity (Wildman–Crippen MR) is 74.6 cm³/mol. The second-order valence-corrected chi connectivity index (χ2v) is 5.58. The highest BCUT2D eigenvalue weighted by molar-refractivity contribution is 9.10. The molecule has 0 fully saturated rings. The average molecular weight is 313 g/mol. The lowest BCUT2D eigenvalue weighted by Crippen LogP contribution is -2.21. The van der Waals surface area contributed by atoms with Crippen LogP contribution in [0.3, 0.4) is 0 Å². The Labute approximate surface area is 114 Å². The normalized spacial score (nSPS) is 13.2. The highest BCUT2D eigenvalue weighted by atomic mass is 79.9. The van der Waals surface area contributed by atoms with Crippen molar-refractivity contribution >= 4 is 27.5 Å². The van der Waals surface area contributed by atoms with Gasteiger partial charge in [0.05, 0.1) is 10.6 Å². The van der Waals surface area contributed by atoms with Crippen LogP contribution >= 0.6 is 15.9 Å². The molecule has 2 rings (SSSR count). The molecule has 0 saturated heterocycles. The maximum Gasteiger partial charge on any atom is 0.243 e. The number of aliphatic hydroxyl groups is 1. The molecule has 0 bridgehead atoms. The number of fused-ring (bicyclic) bond motifs is 1. The molecule has 0 saturated carbocycles. The van der Waals surface area contributed by atoms with Crippen LogP contribution < -0.4 is 5.32 Å². The van der Waals surface area contributed by atoms with Gasteiger partial charge in [0.25, 0.3) is 0 Å². The van der Waals surface area contributed by atoms with E-state index in [-0.39, 0.29) is 6.10 Å². The fourth-order valence-corrected chi connectivity index (χ4v) is 2.21. The number of aliphatic hydroxyl groups excluding tert-OH is 1. The van der Waals surface area contributed by atoms with E-state index in [1.54, 1.807) is 4.52 Å². The van der Waals surface area contributed by atoms with E-state index in [9.17, 15) is 5.11 Å². The minimum Gasteiger partial charge on any atom is -0.391 e. The van der Waals surface area contributed by atoms with Gasteiger partial charge < -0.3 is 10.4 Å². The molecule has 1 unspecified atom stereocenters. The Bertz CT molecular complexity index is 526. The first-order chi connectivity index (χ1) is 8.56. The fraction of sp³-hybridized carbons (Fsp3) is 0.500. The number of pyridine rings is 1. The molecule has 0 aliphatic rings. The topological polar surface area (TPSA) is 62.5 Å². The standard InChI is InChI=1S/C12H17BrN4O/c1-8(2)6-9(18)7-14-12-15-11-10(13)4-3-5-17(11)16-12/h3-5,8-9,18H,6-7H2,1-2H3,(H,14,16). The Hall–Kier alpha value is -1.14. The van der Waals surface area contributed by atoms with Crippen LogP contribution in [0.25, 0.3) is 5.65 Å². The molecular weight excluding hydrogens is 296 g/mol. The van der Waals surface area contributed by atoms with Crippen molar-refractivity contribution in [2.45, 2.75) is 26.4 Å². The maximum atomic E-state index is 9.78. The van der Waals surface area contributed by atoms with Gasteiger partial charge >= 0.3 is 0 Å². The van der Waals surface area contributed by atoms with E-state index in [4.69, 9.17) is 0 Å². The van der Waals surface area contributed by atoms with E-state index in [0.29, 0.717) is 18.4 Å². The number of nitrogens with zero attached hydrogens (tertiary/aromatic N) is 3. The lowest BCUT2D eigenvalue weighted by atomic mass is 10.1. The van der Waals surface area contributed by atoms with Crippen molar-refractivity contribution in [3.05, 3.63) is 22.8 Å². The summed E-state index contributed by atoms with van der Waals surface area (Å²) in [6, 6.07) is 3.81. The SMILES string of the molecule is CC(C)CC(O)CNc1nc2c(Br)cccn2n1. The smallest absolute Gasteiger partial charge is 0.243 e. The van der Waals surface area contributed by atoms with E-state index >= 15 is 0 Å². The van der Waals surface area contributed by atoms with Gasteiger partial charge in [-0.15, -0.1) is 5.10 Å². The number of hydrogen-bond donors (Lipinski definition) is 2. The highest BCUT2D eigenvalue weighted by Crippen LogP contribution is 2.16. The molecule has 5 nitrogen and oxygen atoms in total. The molecule has 0 aliphatic heterocycles. The van der Waals surface area contributed by atoms with Gasteiger partial charge in [0.2, 0.25) is 5.95 Å². The van der Waals surface area contributed by atoms with Crippen molar-refractivity contribution in [3.8, 4) is 0 Å². The van der Waals surface area contributed by atoms with Crippen LogP contribution in [0.1, 0.15) is 20.3 Å². The second-order valence-electron chi connectivity index (χ2n) is 4.72. The minimum absolute atomic E-state index is 0.375. The van der Waals surface area contributed by atoms with Crippen LogP contribution in [-0.4, -0.2) is 32.4 Å². The van der Waals surface area contributed by atoms with Gasteiger partial charge in [-0.25, -0.2) is 4.52 Å². The van der Waals surface area contributed by atoms with Crippen molar-refractivity contribution in [2.75, 3.05) is 11.9 Å². The minimum atomic E-state index is -0.375. The average Bonchev–Trinajstić information content (AvgIpc) is 2.70. The summed E-state index contributed by atoms with van der Waals surface area (Å²) in [5.74, 6) is 1.01. The fourth-order valence-electron chi connectivity index (χ4n) is 1.79. The second kappa shape index (κ2) is 5.67. The molecule has 2 aromatic rings. The van der Waals surface area contributed by atoms with Crippen LogP contribution in [-0.2, 0) is 0 Å². The molecule has 2 heterocycles. The van der Waals surface area contributed by atoms with E-state index in [1.807, 2.05) is 18.3 Å². The number of hydrogen-bond acceptors (Lipinski definition) is 4. The van der Waals surface area contributed by atoms with Gasteiger partial charge in [-0.2, -0.15) is 4.98 Å². The third-order valence-electron chi connectivity index (χ3n) is 2.55. The molecule has 2 aromatic heterocycles. The number of anilines is 1. The summed E-state index contributed by atoms with van der Waals surface area (Å²) in [6.07, 6.45) is 2.23. The summed E-state index contributed by atoms with van der Waals surface area (Å²) in [7, 11) is 0. The number of halogens is 1. The van der Waals surface area contributed by atoms with E-state index < -0.39 is 0 Å². The molecule has 0 radical (unpaired) electrons. The van der Waals surface area contributed by atoms with Crippen LogP contribution in [0.5, 0.6) is 0 Å². The van der Waals surface area contributed by atoms with E-state index in [0.717, 1.165) is 16.5 Å². The first kappa shape index (κ1) is 13.3. The summed E-state index contributed by atoms with van der Waals surface area (Å²) >= 11 is 3.42. The number of nitrogens with one attached hydrogen (secondary N) is 1. The molecule has 0 amide bonds. The highest BCUT2D eigenvalue weighted by Gasteiger charge is 2.09. The molecule has 0 spiro atoms. The Balaban J connectivity index is 2.02. The van der Waals surface area contributed by atoms with E-state index in [2.05, 4.69) is 45.2 Å². The van der Waals surface area contributed by atoms with Crippen molar-refractivity contribution in [2.24, 2.45) is 5.92 Å². The van der Waals surface area contributed by atoms with Gasteiger partial charge in [0.1, 0.15) is 0 Å². The first-order valence-corrected chi connectivity index (χ1v) is 6.78. The third kappa shape index (κ3) is 3.20. The van der Waals surface area contributed by atoms with Crippen molar-refractivity contribution < 1.29 is 5.11 Å². The van der Waals surface area contributed by atoms with Gasteiger partial charge in [-0.1, -0.05) is 13.8 Å². The van der Waals surface area contributed by atoms with Gasteiger partial charge in [-0.3, -0.25) is 0 Å². The maximum absolute atomic E-state index is 9.78. The monoisotopic (exact) mass is 312 g/mol. The zero-order valence-corrected chi connectivity index (χ0v) is 12.1. The third-order valence-corrected chi connectivity index (χ3v) is 3.17. The lowest BCUT2D eigenvalue weighted by Gasteiger charge is -2.12. The molecular formula is C12H17BrN4O. The molecule has 0 aliphatic carbocycles. The zero-order valence-electron chi connectivity index (χ0n) is 10.5. The summed E-state index contributed by atoms with van der Waals surface area (Å²) in [6.45, 7) is 4.64. The Morgan fingerprint density at radius 2 is 2.28 bits per heavy atom. The van der Waals surface area contributed by atoms with Gasteiger partial charge in [0.15, 0.2) is 5.65 Å². The molecule has 18 heavy (non-hydrogen) atoms. The molecule has 1 atom stereocenters. The molecule has 98 valence electrons. The van der Waals surface area contributed by atoms with E-state index in [1.165, 1.54) is 0 Å². The number of aromatic nitrogens is 3. The van der Waals surface area contributed by atoms with Crippen LogP contribution in [0, 0.1) is 5.92 Å². The van der Waals surface area contributed by atoms with Crippen molar-refractivity contribution in [3.63, 3.8) is 0 Å². The summed E-state index contributed by atoms with van der Waals surface area (Å²) in [5, 5.41) is 17.1. The Kier molecular flexibility index (Phi) is 4.19.